The smallest absolute Gasteiger partial charge is 0.321 e. The van der Waals surface area contributed by atoms with Gasteiger partial charge in [-0.3, -0.25) is 10.1 Å². The molecule has 0 saturated heterocycles. The molecule has 3 N–H and O–H groups in total. The second kappa shape index (κ2) is 7.06. The van der Waals surface area contributed by atoms with Crippen LogP contribution in [0.3, 0.4) is 0 Å². The molecule has 0 unspecified atom stereocenters. The number of amides is 3. The van der Waals surface area contributed by atoms with Crippen molar-refractivity contribution in [1.29, 1.82) is 0 Å². The van der Waals surface area contributed by atoms with Crippen molar-refractivity contribution in [2.24, 2.45) is 0 Å². The fraction of sp³-hybridized carbons (Fsp3) is 0.467. The number of nitrogens with one attached hydrogen (secondary N) is 3. The van der Waals surface area contributed by atoms with Crippen LogP contribution in [-0.2, 0) is 4.79 Å². The monoisotopic (exact) mass is 293 g/mol. The van der Waals surface area contributed by atoms with Gasteiger partial charge in [-0.05, 0) is 37.5 Å². The van der Waals surface area contributed by atoms with Crippen LogP contribution in [0.15, 0.2) is 18.2 Å². The molecular formula is C15H20FN3O2. The quantitative estimate of drug-likeness (QED) is 0.798. The molecule has 1 saturated carbocycles. The van der Waals surface area contributed by atoms with Crippen LogP contribution in [-0.4, -0.2) is 24.5 Å². The van der Waals surface area contributed by atoms with Crippen molar-refractivity contribution in [2.75, 3.05) is 11.9 Å². The van der Waals surface area contributed by atoms with Crippen molar-refractivity contribution >= 4 is 17.6 Å². The second-order valence-corrected chi connectivity index (χ2v) is 5.32. The minimum atomic E-state index is -0.468. The van der Waals surface area contributed by atoms with Crippen molar-refractivity contribution in [2.45, 2.75) is 38.6 Å². The number of hydrogen-bond acceptors (Lipinski definition) is 3. The van der Waals surface area contributed by atoms with Crippen LogP contribution in [0.4, 0.5) is 14.9 Å². The van der Waals surface area contributed by atoms with E-state index in [1.54, 1.807) is 6.07 Å². The van der Waals surface area contributed by atoms with Gasteiger partial charge in [-0.1, -0.05) is 18.9 Å². The number of carbonyl (C=O) groups excluding carboxylic acids is 2. The SMILES string of the molecule is Cc1ccc(F)cc1NCC(=O)NC(=O)NC1CCCC1. The Hall–Kier alpha value is -2.11. The molecule has 1 fully saturated rings. The summed E-state index contributed by atoms with van der Waals surface area (Å²) in [4.78, 5) is 23.3. The second-order valence-electron chi connectivity index (χ2n) is 5.32. The van der Waals surface area contributed by atoms with E-state index in [4.69, 9.17) is 0 Å². The summed E-state index contributed by atoms with van der Waals surface area (Å²) in [6.45, 7) is 1.73. The molecule has 3 amide bonds. The van der Waals surface area contributed by atoms with Crippen molar-refractivity contribution < 1.29 is 14.0 Å². The Kier molecular flexibility index (Phi) is 5.14. The van der Waals surface area contributed by atoms with Crippen LogP contribution in [0.25, 0.3) is 0 Å². The fourth-order valence-electron chi connectivity index (χ4n) is 2.42. The first-order valence-electron chi connectivity index (χ1n) is 7.15. The lowest BCUT2D eigenvalue weighted by molar-refractivity contribution is -0.118. The molecular weight excluding hydrogens is 273 g/mol. The molecule has 1 aliphatic carbocycles. The summed E-state index contributed by atoms with van der Waals surface area (Å²) < 4.78 is 13.1. The molecule has 0 aromatic heterocycles. The van der Waals surface area contributed by atoms with Gasteiger partial charge in [0.2, 0.25) is 5.91 Å². The van der Waals surface area contributed by atoms with E-state index in [2.05, 4.69) is 16.0 Å². The van der Waals surface area contributed by atoms with Crippen LogP contribution in [0.1, 0.15) is 31.2 Å². The molecule has 1 aromatic rings. The third-order valence-corrected chi connectivity index (χ3v) is 3.58. The van der Waals surface area contributed by atoms with E-state index in [0.29, 0.717) is 5.69 Å². The first-order chi connectivity index (χ1) is 10.0. The fourth-order valence-corrected chi connectivity index (χ4v) is 2.42. The molecule has 1 aromatic carbocycles. The van der Waals surface area contributed by atoms with Gasteiger partial charge in [0.1, 0.15) is 5.82 Å². The highest BCUT2D eigenvalue weighted by molar-refractivity contribution is 5.96. The van der Waals surface area contributed by atoms with Crippen LogP contribution in [0.2, 0.25) is 0 Å². The van der Waals surface area contributed by atoms with Crippen LogP contribution < -0.4 is 16.0 Å². The lowest BCUT2D eigenvalue weighted by Gasteiger charge is -2.13. The predicted molar refractivity (Wildman–Crippen MR) is 78.6 cm³/mol. The minimum absolute atomic E-state index is 0.0810. The van der Waals surface area contributed by atoms with Gasteiger partial charge in [0.05, 0.1) is 6.54 Å². The van der Waals surface area contributed by atoms with Crippen molar-refractivity contribution in [3.8, 4) is 0 Å². The standard InChI is InChI=1S/C15H20FN3O2/c1-10-6-7-11(16)8-13(10)17-9-14(20)19-15(21)18-12-4-2-3-5-12/h6-8,12,17H,2-5,9H2,1H3,(H2,18,19,20,21). The molecule has 0 aliphatic heterocycles. The minimum Gasteiger partial charge on any atom is -0.376 e. The van der Waals surface area contributed by atoms with E-state index < -0.39 is 11.9 Å². The van der Waals surface area contributed by atoms with Gasteiger partial charge < -0.3 is 10.6 Å². The van der Waals surface area contributed by atoms with Crippen LogP contribution >= 0.6 is 0 Å². The highest BCUT2D eigenvalue weighted by Gasteiger charge is 2.18. The molecule has 0 spiro atoms. The Morgan fingerprint density at radius 1 is 1.29 bits per heavy atom. The molecule has 114 valence electrons. The highest BCUT2D eigenvalue weighted by atomic mass is 19.1. The average Bonchev–Trinajstić information content (AvgIpc) is 2.92. The first-order valence-corrected chi connectivity index (χ1v) is 7.15. The van der Waals surface area contributed by atoms with Gasteiger partial charge in [-0.25, -0.2) is 9.18 Å². The van der Waals surface area contributed by atoms with E-state index in [1.165, 1.54) is 12.1 Å². The Balaban J connectivity index is 1.76. The van der Waals surface area contributed by atoms with Crippen molar-refractivity contribution in [1.82, 2.24) is 10.6 Å². The summed E-state index contributed by atoms with van der Waals surface area (Å²) in [7, 11) is 0. The molecule has 0 heterocycles. The Morgan fingerprint density at radius 2 is 2.00 bits per heavy atom. The number of carbonyl (C=O) groups is 2. The molecule has 6 heteroatoms. The molecule has 0 bridgehead atoms. The summed E-state index contributed by atoms with van der Waals surface area (Å²) >= 11 is 0. The Labute approximate surface area is 123 Å². The Bertz CT molecular complexity index is 528. The van der Waals surface area contributed by atoms with E-state index in [9.17, 15) is 14.0 Å². The van der Waals surface area contributed by atoms with Gasteiger partial charge in [0.15, 0.2) is 0 Å². The normalized spacial score (nSPS) is 14.8. The maximum atomic E-state index is 13.1. The van der Waals surface area contributed by atoms with E-state index in [0.717, 1.165) is 31.2 Å². The average molecular weight is 293 g/mol. The summed E-state index contributed by atoms with van der Waals surface area (Å²) in [6.07, 6.45) is 4.14. The number of aryl methyl sites for hydroxylation is 1. The highest BCUT2D eigenvalue weighted by Crippen LogP contribution is 2.17. The molecule has 0 atom stereocenters. The predicted octanol–water partition coefficient (Wildman–Crippen LogP) is 2.31. The number of imide groups is 1. The molecule has 21 heavy (non-hydrogen) atoms. The molecule has 0 radical (unpaired) electrons. The van der Waals surface area contributed by atoms with Crippen molar-refractivity contribution in [3.63, 3.8) is 0 Å². The zero-order valence-corrected chi connectivity index (χ0v) is 12.0. The maximum absolute atomic E-state index is 13.1. The van der Waals surface area contributed by atoms with E-state index in [-0.39, 0.29) is 18.4 Å². The number of halogens is 1. The number of hydrogen-bond donors (Lipinski definition) is 3. The number of anilines is 1. The first kappa shape index (κ1) is 15.3. The summed E-state index contributed by atoms with van der Waals surface area (Å²) in [6, 6.07) is 4.00. The van der Waals surface area contributed by atoms with Gasteiger partial charge in [0.25, 0.3) is 0 Å². The van der Waals surface area contributed by atoms with Crippen LogP contribution in [0.5, 0.6) is 0 Å². The summed E-state index contributed by atoms with van der Waals surface area (Å²) in [5, 5.41) is 7.86. The van der Waals surface area contributed by atoms with Gasteiger partial charge in [-0.15, -0.1) is 0 Å². The van der Waals surface area contributed by atoms with Crippen molar-refractivity contribution in [3.05, 3.63) is 29.6 Å². The van der Waals surface area contributed by atoms with E-state index >= 15 is 0 Å². The van der Waals surface area contributed by atoms with Crippen LogP contribution in [0, 0.1) is 12.7 Å². The van der Waals surface area contributed by atoms with Gasteiger partial charge >= 0.3 is 6.03 Å². The topological polar surface area (TPSA) is 70.2 Å². The van der Waals surface area contributed by atoms with Gasteiger partial charge in [0, 0.05) is 11.7 Å². The van der Waals surface area contributed by atoms with Gasteiger partial charge in [-0.2, -0.15) is 0 Å². The number of benzene rings is 1. The lowest BCUT2D eigenvalue weighted by Crippen LogP contribution is -2.45. The number of rotatable bonds is 4. The third kappa shape index (κ3) is 4.73. The lowest BCUT2D eigenvalue weighted by atomic mass is 10.2. The largest absolute Gasteiger partial charge is 0.376 e. The molecule has 2 rings (SSSR count). The number of urea groups is 1. The zero-order chi connectivity index (χ0) is 15.2. The molecule has 5 nitrogen and oxygen atoms in total. The molecule has 1 aliphatic rings. The third-order valence-electron chi connectivity index (χ3n) is 3.58. The summed E-state index contributed by atoms with van der Waals surface area (Å²) in [5.41, 5.74) is 1.38. The zero-order valence-electron chi connectivity index (χ0n) is 12.0. The Morgan fingerprint density at radius 3 is 2.71 bits per heavy atom. The summed E-state index contributed by atoms with van der Waals surface area (Å²) in [5.74, 6) is -0.823. The maximum Gasteiger partial charge on any atom is 0.321 e. The van der Waals surface area contributed by atoms with E-state index in [1.807, 2.05) is 6.92 Å².